The highest BCUT2D eigenvalue weighted by molar-refractivity contribution is 6.07. The van der Waals surface area contributed by atoms with Gasteiger partial charge in [-0.2, -0.15) is 0 Å². The van der Waals surface area contributed by atoms with Crippen molar-refractivity contribution in [2.24, 2.45) is 0 Å². The van der Waals surface area contributed by atoms with Crippen molar-refractivity contribution in [3.63, 3.8) is 0 Å². The van der Waals surface area contributed by atoms with Gasteiger partial charge in [0.15, 0.2) is 0 Å². The molecule has 4 N–H and O–H groups in total. The van der Waals surface area contributed by atoms with Crippen molar-refractivity contribution in [1.29, 1.82) is 0 Å². The van der Waals surface area contributed by atoms with Gasteiger partial charge in [-0.05, 0) is 23.3 Å². The first-order valence-corrected chi connectivity index (χ1v) is 5.69. The lowest BCUT2D eigenvalue weighted by molar-refractivity contribution is 1.58. The average Bonchev–Trinajstić information content (AvgIpc) is 2.38. The SMILES string of the molecule is C=C(C(=C)c1ccccc1N)c1ccccc1N. The van der Waals surface area contributed by atoms with Crippen molar-refractivity contribution in [2.45, 2.75) is 0 Å². The van der Waals surface area contributed by atoms with Gasteiger partial charge in [0, 0.05) is 22.5 Å². The first-order chi connectivity index (χ1) is 8.61. The fourth-order valence-electron chi connectivity index (χ4n) is 1.87. The molecule has 0 unspecified atom stereocenters. The van der Waals surface area contributed by atoms with Crippen LogP contribution in [0, 0.1) is 0 Å². The second-order valence-corrected chi connectivity index (χ2v) is 4.13. The zero-order valence-corrected chi connectivity index (χ0v) is 10.2. The molecule has 0 spiro atoms. The molecule has 18 heavy (non-hydrogen) atoms. The monoisotopic (exact) mass is 236 g/mol. The number of nitrogen functional groups attached to an aromatic ring is 2. The van der Waals surface area contributed by atoms with E-state index >= 15 is 0 Å². The quantitative estimate of drug-likeness (QED) is 0.632. The Bertz CT molecular complexity index is 556. The molecule has 0 saturated heterocycles. The van der Waals surface area contributed by atoms with Crippen molar-refractivity contribution in [3.05, 3.63) is 72.8 Å². The van der Waals surface area contributed by atoms with Crippen LogP contribution in [-0.4, -0.2) is 0 Å². The van der Waals surface area contributed by atoms with Gasteiger partial charge in [0.25, 0.3) is 0 Å². The topological polar surface area (TPSA) is 52.0 Å². The highest BCUT2D eigenvalue weighted by Gasteiger charge is 2.10. The van der Waals surface area contributed by atoms with Gasteiger partial charge in [-0.25, -0.2) is 0 Å². The summed E-state index contributed by atoms with van der Waals surface area (Å²) >= 11 is 0. The van der Waals surface area contributed by atoms with Gasteiger partial charge in [0.05, 0.1) is 0 Å². The van der Waals surface area contributed by atoms with Crippen molar-refractivity contribution in [2.75, 3.05) is 11.5 Å². The zero-order valence-electron chi connectivity index (χ0n) is 10.2. The molecular formula is C16H16N2. The van der Waals surface area contributed by atoms with E-state index in [4.69, 9.17) is 11.5 Å². The molecule has 0 aromatic heterocycles. The molecule has 0 atom stereocenters. The molecule has 2 aromatic rings. The predicted octanol–water partition coefficient (Wildman–Crippen LogP) is 3.58. The van der Waals surface area contributed by atoms with Crippen LogP contribution in [0.25, 0.3) is 11.1 Å². The first kappa shape index (κ1) is 12.0. The lowest BCUT2D eigenvalue weighted by Crippen LogP contribution is -1.97. The molecule has 0 bridgehead atoms. The number of benzene rings is 2. The Labute approximate surface area is 107 Å². The molecule has 2 rings (SSSR count). The van der Waals surface area contributed by atoms with Crippen LogP contribution in [0.1, 0.15) is 11.1 Å². The summed E-state index contributed by atoms with van der Waals surface area (Å²) in [4.78, 5) is 0. The zero-order chi connectivity index (χ0) is 13.1. The summed E-state index contributed by atoms with van der Waals surface area (Å²) in [6.45, 7) is 8.14. The predicted molar refractivity (Wildman–Crippen MR) is 79.8 cm³/mol. The van der Waals surface area contributed by atoms with Gasteiger partial charge in [-0.15, -0.1) is 0 Å². The maximum Gasteiger partial charge on any atom is 0.0393 e. The Morgan fingerprint density at radius 1 is 0.667 bits per heavy atom. The van der Waals surface area contributed by atoms with Crippen LogP contribution in [0.15, 0.2) is 61.7 Å². The number of nitrogens with two attached hydrogens (primary N) is 2. The normalized spacial score (nSPS) is 10.0. The minimum atomic E-state index is 0.693. The fourth-order valence-corrected chi connectivity index (χ4v) is 1.87. The summed E-state index contributed by atoms with van der Waals surface area (Å²) in [5.74, 6) is 0. The van der Waals surface area contributed by atoms with Gasteiger partial charge in [-0.3, -0.25) is 0 Å². The summed E-state index contributed by atoms with van der Waals surface area (Å²) in [5.41, 5.74) is 16.7. The Morgan fingerprint density at radius 3 is 1.33 bits per heavy atom. The van der Waals surface area contributed by atoms with Crippen molar-refractivity contribution in [3.8, 4) is 0 Å². The maximum atomic E-state index is 5.94. The van der Waals surface area contributed by atoms with Crippen molar-refractivity contribution in [1.82, 2.24) is 0 Å². The number of anilines is 2. The number of hydrogen-bond donors (Lipinski definition) is 2. The van der Waals surface area contributed by atoms with Crippen molar-refractivity contribution < 1.29 is 0 Å². The second-order valence-electron chi connectivity index (χ2n) is 4.13. The highest BCUT2D eigenvalue weighted by Crippen LogP contribution is 2.33. The summed E-state index contributed by atoms with van der Waals surface area (Å²) in [6, 6.07) is 15.2. The number of allylic oxidation sites excluding steroid dienone is 2. The largest absolute Gasteiger partial charge is 0.398 e. The number of hydrogen-bond acceptors (Lipinski definition) is 2. The lowest BCUT2D eigenvalue weighted by atomic mass is 9.93. The molecule has 0 aliphatic rings. The Morgan fingerprint density at radius 2 is 1.00 bits per heavy atom. The van der Waals surface area contributed by atoms with E-state index in [9.17, 15) is 0 Å². The van der Waals surface area contributed by atoms with E-state index in [1.165, 1.54) is 0 Å². The van der Waals surface area contributed by atoms with E-state index in [0.29, 0.717) is 11.4 Å². The minimum Gasteiger partial charge on any atom is -0.398 e. The van der Waals surface area contributed by atoms with Gasteiger partial charge in [-0.1, -0.05) is 49.6 Å². The third-order valence-electron chi connectivity index (χ3n) is 2.94. The molecule has 0 radical (unpaired) electrons. The summed E-state index contributed by atoms with van der Waals surface area (Å²) in [6.07, 6.45) is 0. The van der Waals surface area contributed by atoms with Crippen LogP contribution in [-0.2, 0) is 0 Å². The molecule has 0 amide bonds. The molecule has 90 valence electrons. The van der Waals surface area contributed by atoms with E-state index < -0.39 is 0 Å². The molecule has 0 heterocycles. The molecule has 0 aliphatic heterocycles. The van der Waals surface area contributed by atoms with Crippen LogP contribution in [0.4, 0.5) is 11.4 Å². The summed E-state index contributed by atoms with van der Waals surface area (Å²) in [5, 5.41) is 0. The molecule has 2 nitrogen and oxygen atoms in total. The van der Waals surface area contributed by atoms with Gasteiger partial charge in [0.1, 0.15) is 0 Å². The molecule has 0 saturated carbocycles. The Kier molecular flexibility index (Phi) is 3.20. The second kappa shape index (κ2) is 4.80. The summed E-state index contributed by atoms with van der Waals surface area (Å²) < 4.78 is 0. The van der Waals surface area contributed by atoms with Gasteiger partial charge >= 0.3 is 0 Å². The van der Waals surface area contributed by atoms with Crippen LogP contribution in [0.2, 0.25) is 0 Å². The van der Waals surface area contributed by atoms with Crippen LogP contribution < -0.4 is 11.5 Å². The molecular weight excluding hydrogens is 220 g/mol. The first-order valence-electron chi connectivity index (χ1n) is 5.69. The van der Waals surface area contributed by atoms with Crippen LogP contribution >= 0.6 is 0 Å². The molecule has 2 heteroatoms. The summed E-state index contributed by atoms with van der Waals surface area (Å²) in [7, 11) is 0. The third-order valence-corrected chi connectivity index (χ3v) is 2.94. The minimum absolute atomic E-state index is 0.693. The van der Waals surface area contributed by atoms with Crippen LogP contribution in [0.5, 0.6) is 0 Å². The molecule has 2 aromatic carbocycles. The smallest absolute Gasteiger partial charge is 0.0393 e. The van der Waals surface area contributed by atoms with E-state index in [0.717, 1.165) is 22.3 Å². The van der Waals surface area contributed by atoms with E-state index in [2.05, 4.69) is 13.2 Å². The van der Waals surface area contributed by atoms with Gasteiger partial charge in [0.2, 0.25) is 0 Å². The van der Waals surface area contributed by atoms with E-state index in [-0.39, 0.29) is 0 Å². The van der Waals surface area contributed by atoms with E-state index in [1.54, 1.807) is 0 Å². The lowest BCUT2D eigenvalue weighted by Gasteiger charge is -2.13. The number of rotatable bonds is 3. The fraction of sp³-hybridized carbons (Fsp3) is 0. The van der Waals surface area contributed by atoms with Gasteiger partial charge < -0.3 is 11.5 Å². The molecule has 0 fully saturated rings. The average molecular weight is 236 g/mol. The van der Waals surface area contributed by atoms with E-state index in [1.807, 2.05) is 48.5 Å². The molecule has 0 aliphatic carbocycles. The highest BCUT2D eigenvalue weighted by atomic mass is 14.6. The Balaban J connectivity index is 2.39. The van der Waals surface area contributed by atoms with Crippen molar-refractivity contribution >= 4 is 22.5 Å². The third kappa shape index (κ3) is 2.13. The standard InChI is InChI=1S/C16H16N2/c1-11(13-7-3-5-9-15(13)17)12(2)14-8-4-6-10-16(14)18/h3-10H,1-2,17-18H2. The Hall–Kier alpha value is -2.48. The number of para-hydroxylation sites is 2. The maximum absolute atomic E-state index is 5.94. The van der Waals surface area contributed by atoms with Crippen LogP contribution in [0.3, 0.4) is 0 Å².